The zero-order valence-corrected chi connectivity index (χ0v) is 14.0. The Hall–Kier alpha value is -2.79. The van der Waals surface area contributed by atoms with Crippen LogP contribution in [0.15, 0.2) is 83.8 Å². The van der Waals surface area contributed by atoms with Crippen molar-refractivity contribution in [2.75, 3.05) is 11.8 Å². The Labute approximate surface area is 141 Å². The molecule has 1 N–H and O–H groups in total. The molecule has 24 heavy (non-hydrogen) atoms. The Morgan fingerprint density at radius 3 is 2.08 bits per heavy atom. The van der Waals surface area contributed by atoms with Gasteiger partial charge >= 0.3 is 0 Å². The second-order valence-corrected chi connectivity index (χ2v) is 6.88. The minimum atomic E-state index is -3.67. The molecule has 0 saturated carbocycles. The highest BCUT2D eigenvalue weighted by Gasteiger charge is 2.17. The first-order valence-electron chi connectivity index (χ1n) is 7.41. The SMILES string of the molecule is COc1cc(S(=O)(=O)Nc2ccccc2)ccc1-c1ccccc1. The summed E-state index contributed by atoms with van der Waals surface area (Å²) in [6, 6.07) is 23.3. The molecule has 0 bridgehead atoms. The molecule has 0 aliphatic heterocycles. The van der Waals surface area contributed by atoms with Gasteiger partial charge in [0.25, 0.3) is 10.0 Å². The monoisotopic (exact) mass is 339 g/mol. The van der Waals surface area contributed by atoms with Crippen LogP contribution < -0.4 is 9.46 Å². The molecular formula is C19H17NO3S. The van der Waals surface area contributed by atoms with Gasteiger partial charge < -0.3 is 4.74 Å². The summed E-state index contributed by atoms with van der Waals surface area (Å²) in [5.41, 5.74) is 2.33. The van der Waals surface area contributed by atoms with E-state index in [0.717, 1.165) is 11.1 Å². The molecule has 5 heteroatoms. The van der Waals surface area contributed by atoms with E-state index in [1.165, 1.54) is 13.2 Å². The highest BCUT2D eigenvalue weighted by molar-refractivity contribution is 7.92. The zero-order chi connectivity index (χ0) is 17.0. The average molecular weight is 339 g/mol. The number of rotatable bonds is 5. The molecule has 0 radical (unpaired) electrons. The Bertz CT molecular complexity index is 923. The summed E-state index contributed by atoms with van der Waals surface area (Å²) >= 11 is 0. The van der Waals surface area contributed by atoms with Crippen LogP contribution in [0.1, 0.15) is 0 Å². The lowest BCUT2D eigenvalue weighted by molar-refractivity contribution is 0.415. The number of methoxy groups -OCH3 is 1. The third-order valence-corrected chi connectivity index (χ3v) is 4.97. The molecule has 3 aromatic carbocycles. The van der Waals surface area contributed by atoms with Crippen LogP contribution in [0.2, 0.25) is 0 Å². The molecule has 0 spiro atoms. The summed E-state index contributed by atoms with van der Waals surface area (Å²) in [4.78, 5) is 0.155. The van der Waals surface area contributed by atoms with Gasteiger partial charge in [0.15, 0.2) is 0 Å². The van der Waals surface area contributed by atoms with E-state index in [4.69, 9.17) is 4.74 Å². The van der Waals surface area contributed by atoms with Gasteiger partial charge in [0, 0.05) is 17.3 Å². The van der Waals surface area contributed by atoms with Crippen LogP contribution in [0.5, 0.6) is 5.75 Å². The van der Waals surface area contributed by atoms with Gasteiger partial charge in [-0.1, -0.05) is 48.5 Å². The van der Waals surface area contributed by atoms with E-state index in [2.05, 4.69) is 4.72 Å². The van der Waals surface area contributed by atoms with Crippen molar-refractivity contribution in [2.24, 2.45) is 0 Å². The van der Waals surface area contributed by atoms with Crippen molar-refractivity contribution in [3.63, 3.8) is 0 Å². The minimum Gasteiger partial charge on any atom is -0.496 e. The van der Waals surface area contributed by atoms with E-state index in [-0.39, 0.29) is 4.90 Å². The molecule has 0 saturated heterocycles. The van der Waals surface area contributed by atoms with Gasteiger partial charge in [0.05, 0.1) is 12.0 Å². The predicted octanol–water partition coefficient (Wildman–Crippen LogP) is 4.16. The lowest BCUT2D eigenvalue weighted by Crippen LogP contribution is -2.13. The van der Waals surface area contributed by atoms with Crippen molar-refractivity contribution in [1.29, 1.82) is 0 Å². The molecule has 0 aromatic heterocycles. The second kappa shape index (κ2) is 6.76. The summed E-state index contributed by atoms with van der Waals surface area (Å²) < 4.78 is 33.1. The lowest BCUT2D eigenvalue weighted by atomic mass is 10.1. The highest BCUT2D eigenvalue weighted by atomic mass is 32.2. The largest absolute Gasteiger partial charge is 0.496 e. The number of ether oxygens (including phenoxy) is 1. The molecule has 0 atom stereocenters. The Morgan fingerprint density at radius 1 is 0.833 bits per heavy atom. The number of nitrogens with one attached hydrogen (secondary N) is 1. The van der Waals surface area contributed by atoms with E-state index < -0.39 is 10.0 Å². The number of benzene rings is 3. The number of sulfonamides is 1. The molecule has 0 fully saturated rings. The third kappa shape index (κ3) is 3.41. The van der Waals surface area contributed by atoms with Crippen LogP contribution >= 0.6 is 0 Å². The van der Waals surface area contributed by atoms with Crippen LogP contribution in [0.25, 0.3) is 11.1 Å². The molecule has 0 amide bonds. The average Bonchev–Trinajstić information content (AvgIpc) is 2.62. The maximum Gasteiger partial charge on any atom is 0.262 e. The van der Waals surface area contributed by atoms with E-state index in [1.807, 2.05) is 36.4 Å². The van der Waals surface area contributed by atoms with Gasteiger partial charge in [0.1, 0.15) is 5.75 Å². The number of para-hydroxylation sites is 1. The van der Waals surface area contributed by atoms with Crippen LogP contribution in [-0.4, -0.2) is 15.5 Å². The molecular weight excluding hydrogens is 322 g/mol. The summed E-state index contributed by atoms with van der Waals surface area (Å²) in [6.45, 7) is 0. The zero-order valence-electron chi connectivity index (χ0n) is 13.1. The molecule has 0 aliphatic rings. The van der Waals surface area contributed by atoms with Crippen molar-refractivity contribution in [1.82, 2.24) is 0 Å². The first-order chi connectivity index (χ1) is 11.6. The molecule has 4 nitrogen and oxygen atoms in total. The molecule has 0 heterocycles. The van der Waals surface area contributed by atoms with Crippen molar-refractivity contribution in [3.05, 3.63) is 78.9 Å². The maximum absolute atomic E-state index is 12.6. The third-order valence-electron chi connectivity index (χ3n) is 3.59. The van der Waals surface area contributed by atoms with Crippen LogP contribution in [0, 0.1) is 0 Å². The fourth-order valence-electron chi connectivity index (χ4n) is 2.42. The Kier molecular flexibility index (Phi) is 4.53. The minimum absolute atomic E-state index is 0.155. The normalized spacial score (nSPS) is 11.0. The van der Waals surface area contributed by atoms with Crippen LogP contribution in [0.3, 0.4) is 0 Å². The summed E-state index contributed by atoms with van der Waals surface area (Å²) in [5.74, 6) is 0.511. The fraction of sp³-hybridized carbons (Fsp3) is 0.0526. The topological polar surface area (TPSA) is 55.4 Å². The highest BCUT2D eigenvalue weighted by Crippen LogP contribution is 2.32. The van der Waals surface area contributed by atoms with E-state index in [9.17, 15) is 8.42 Å². The van der Waals surface area contributed by atoms with Crippen molar-refractivity contribution >= 4 is 15.7 Å². The Morgan fingerprint density at radius 2 is 1.46 bits per heavy atom. The van der Waals surface area contributed by atoms with E-state index in [0.29, 0.717) is 11.4 Å². The summed E-state index contributed by atoms with van der Waals surface area (Å²) in [6.07, 6.45) is 0. The molecule has 3 aromatic rings. The first kappa shape index (κ1) is 16.1. The number of anilines is 1. The second-order valence-electron chi connectivity index (χ2n) is 5.20. The first-order valence-corrected chi connectivity index (χ1v) is 8.90. The smallest absolute Gasteiger partial charge is 0.262 e. The maximum atomic E-state index is 12.6. The fourth-order valence-corrected chi connectivity index (χ4v) is 3.49. The summed E-state index contributed by atoms with van der Waals surface area (Å²) in [7, 11) is -2.14. The quantitative estimate of drug-likeness (QED) is 0.759. The van der Waals surface area contributed by atoms with Gasteiger partial charge in [0.2, 0.25) is 0 Å². The van der Waals surface area contributed by atoms with Gasteiger partial charge in [-0.2, -0.15) is 0 Å². The standard InChI is InChI=1S/C19H17NO3S/c1-23-19-14-17(12-13-18(19)15-8-4-2-5-9-15)24(21,22)20-16-10-6-3-7-11-16/h2-14,20H,1H3. The Balaban J connectivity index is 1.98. The van der Waals surface area contributed by atoms with Crippen molar-refractivity contribution in [2.45, 2.75) is 4.90 Å². The predicted molar refractivity (Wildman–Crippen MR) is 95.7 cm³/mol. The van der Waals surface area contributed by atoms with Gasteiger partial charge in [-0.25, -0.2) is 8.42 Å². The summed E-state index contributed by atoms with van der Waals surface area (Å²) in [5, 5.41) is 0. The van der Waals surface area contributed by atoms with Gasteiger partial charge in [-0.15, -0.1) is 0 Å². The number of hydrogen-bond donors (Lipinski definition) is 1. The van der Waals surface area contributed by atoms with Gasteiger partial charge in [-0.3, -0.25) is 4.72 Å². The van der Waals surface area contributed by atoms with E-state index >= 15 is 0 Å². The van der Waals surface area contributed by atoms with Crippen LogP contribution in [-0.2, 0) is 10.0 Å². The van der Waals surface area contributed by atoms with Crippen molar-refractivity contribution in [3.8, 4) is 16.9 Å². The van der Waals surface area contributed by atoms with Gasteiger partial charge in [-0.05, 0) is 29.8 Å². The van der Waals surface area contributed by atoms with E-state index in [1.54, 1.807) is 36.4 Å². The van der Waals surface area contributed by atoms with Crippen LogP contribution in [0.4, 0.5) is 5.69 Å². The molecule has 0 unspecified atom stereocenters. The lowest BCUT2D eigenvalue weighted by Gasteiger charge is -2.12. The molecule has 122 valence electrons. The molecule has 0 aliphatic carbocycles. The molecule has 3 rings (SSSR count). The number of hydrogen-bond acceptors (Lipinski definition) is 3. The van der Waals surface area contributed by atoms with Crippen molar-refractivity contribution < 1.29 is 13.2 Å².